The summed E-state index contributed by atoms with van der Waals surface area (Å²) in [5, 5.41) is 21.6. The summed E-state index contributed by atoms with van der Waals surface area (Å²) in [7, 11) is 0. The molecule has 0 heterocycles. The van der Waals surface area contributed by atoms with Gasteiger partial charge in [0.25, 0.3) is 0 Å². The zero-order valence-electron chi connectivity index (χ0n) is 30.2. The molecule has 5 aliphatic rings. The van der Waals surface area contributed by atoms with Crippen molar-refractivity contribution in [1.29, 1.82) is 0 Å². The van der Waals surface area contributed by atoms with Crippen molar-refractivity contribution in [1.82, 2.24) is 0 Å². The summed E-state index contributed by atoms with van der Waals surface area (Å²) in [5.74, 6) is 3.90. The predicted molar refractivity (Wildman–Crippen MR) is 192 cm³/mol. The van der Waals surface area contributed by atoms with Gasteiger partial charge >= 0.3 is 0 Å². The van der Waals surface area contributed by atoms with Crippen LogP contribution in [-0.4, -0.2) is 22.6 Å². The molecule has 2 N–H and O–H groups in total. The van der Waals surface area contributed by atoms with Crippen LogP contribution in [-0.2, 0) is 0 Å². The van der Waals surface area contributed by atoms with E-state index in [1.165, 1.54) is 62.5 Å². The first-order valence-corrected chi connectivity index (χ1v) is 18.9. The molecule has 5 aliphatic carbocycles. The Hall–Kier alpha value is -2.23. The highest BCUT2D eigenvalue weighted by molar-refractivity contribution is 6.00. The molecule has 3 heteroatoms. The van der Waals surface area contributed by atoms with Crippen molar-refractivity contribution < 1.29 is 15.0 Å². The molecule has 4 saturated carbocycles. The fraction of sp³-hybridized carbons (Fsp3) is 0.659. The normalized spacial score (nSPS) is 41.2. The van der Waals surface area contributed by atoms with Crippen LogP contribution in [0.1, 0.15) is 134 Å². The van der Waals surface area contributed by atoms with E-state index in [9.17, 15) is 15.0 Å². The molecule has 0 saturated heterocycles. The number of benzene rings is 2. The summed E-state index contributed by atoms with van der Waals surface area (Å²) in [6, 6.07) is 17.3. The lowest BCUT2D eigenvalue weighted by Gasteiger charge is -2.72. The number of ketones is 1. The van der Waals surface area contributed by atoms with E-state index in [4.69, 9.17) is 0 Å². The van der Waals surface area contributed by atoms with Crippen molar-refractivity contribution in [3.63, 3.8) is 0 Å². The van der Waals surface area contributed by atoms with Gasteiger partial charge < -0.3 is 10.2 Å². The van der Waals surface area contributed by atoms with Crippen LogP contribution in [0.4, 0.5) is 0 Å². The van der Waals surface area contributed by atoms with E-state index < -0.39 is 6.10 Å². The van der Waals surface area contributed by atoms with Crippen molar-refractivity contribution in [2.45, 2.75) is 112 Å². The van der Waals surface area contributed by atoms with Gasteiger partial charge in [0.15, 0.2) is 5.78 Å². The largest absolute Gasteiger partial charge is 0.396 e. The first-order chi connectivity index (χ1) is 22.2. The third-order valence-corrected chi connectivity index (χ3v) is 16.2. The Kier molecular flexibility index (Phi) is 8.08. The van der Waals surface area contributed by atoms with Gasteiger partial charge in [0, 0.05) is 12.2 Å². The topological polar surface area (TPSA) is 57.5 Å². The number of carbonyl (C=O) groups excluding carboxylic acids is 1. The highest BCUT2D eigenvalue weighted by Crippen LogP contribution is 2.77. The summed E-state index contributed by atoms with van der Waals surface area (Å²) in [4.78, 5) is 13.2. The monoisotopic (exact) mass is 636 g/mol. The van der Waals surface area contributed by atoms with Crippen LogP contribution < -0.4 is 0 Å². The lowest BCUT2D eigenvalue weighted by molar-refractivity contribution is -0.230. The molecule has 0 bridgehead atoms. The average molecular weight is 637 g/mol. The molecule has 2 aromatic rings. The first kappa shape index (κ1) is 33.3. The molecular weight excluding hydrogens is 576 g/mol. The maximum atomic E-state index is 13.2. The van der Waals surface area contributed by atoms with Crippen LogP contribution in [0.3, 0.4) is 0 Å². The Labute approximate surface area is 284 Å². The molecule has 0 spiro atoms. The zero-order chi connectivity index (χ0) is 33.6. The van der Waals surface area contributed by atoms with E-state index in [1.807, 2.05) is 30.3 Å². The number of Topliss-reactive ketones (excluding diaryl/α,β-unsaturated/α-hetero) is 1. The predicted octanol–water partition coefficient (Wildman–Crippen LogP) is 10.3. The number of aliphatic hydroxyl groups is 2. The third kappa shape index (κ3) is 4.68. The maximum absolute atomic E-state index is 13.2. The number of fused-ring (bicyclic) bond motifs is 7. The second-order valence-electron chi connectivity index (χ2n) is 18.5. The van der Waals surface area contributed by atoms with Crippen LogP contribution in [0.2, 0.25) is 0 Å². The van der Waals surface area contributed by atoms with E-state index in [1.54, 1.807) is 12.1 Å². The molecule has 0 radical (unpaired) electrons. The van der Waals surface area contributed by atoms with E-state index in [2.05, 4.69) is 66.7 Å². The molecule has 1 unspecified atom stereocenters. The second kappa shape index (κ2) is 11.4. The minimum absolute atomic E-state index is 0.0218. The van der Waals surface area contributed by atoms with Gasteiger partial charge in [0.05, 0.1) is 0 Å². The SMILES string of the molecule is CC(C)[C@@H]1CC[C@]2(CO)CC[C@]3(C)[C@H](CC[C@@H]4[C@@]5(C)CC=C(c6ccc(C(=O)C(O)c7ccccc7)cc6)C(C)(C)[C@@H]5CC[C@]43C)[C@@H]12. The number of aliphatic hydroxyl groups excluding tert-OH is 2. The van der Waals surface area contributed by atoms with Gasteiger partial charge in [0.2, 0.25) is 0 Å². The average Bonchev–Trinajstić information content (AvgIpc) is 3.45. The van der Waals surface area contributed by atoms with Crippen LogP contribution in [0.25, 0.3) is 5.57 Å². The Bertz CT molecular complexity index is 1520. The van der Waals surface area contributed by atoms with Crippen LogP contribution in [0, 0.1) is 62.6 Å². The zero-order valence-corrected chi connectivity index (χ0v) is 30.2. The third-order valence-electron chi connectivity index (χ3n) is 16.2. The molecular formula is C44H60O3. The highest BCUT2D eigenvalue weighted by Gasteiger charge is 2.70. The molecule has 0 aromatic heterocycles. The van der Waals surface area contributed by atoms with Crippen molar-refractivity contribution in [2.75, 3.05) is 6.61 Å². The quantitative estimate of drug-likeness (QED) is 0.310. The van der Waals surface area contributed by atoms with Gasteiger partial charge in [-0.1, -0.05) is 109 Å². The maximum Gasteiger partial charge on any atom is 0.195 e. The van der Waals surface area contributed by atoms with Crippen LogP contribution in [0.15, 0.2) is 60.7 Å². The Morgan fingerprint density at radius 2 is 1.51 bits per heavy atom. The fourth-order valence-electron chi connectivity index (χ4n) is 13.7. The van der Waals surface area contributed by atoms with Crippen molar-refractivity contribution in [2.24, 2.45) is 62.6 Å². The van der Waals surface area contributed by atoms with Crippen LogP contribution >= 0.6 is 0 Å². The summed E-state index contributed by atoms with van der Waals surface area (Å²) >= 11 is 0. The van der Waals surface area contributed by atoms with Crippen molar-refractivity contribution in [3.8, 4) is 0 Å². The van der Waals surface area contributed by atoms with E-state index in [0.29, 0.717) is 52.2 Å². The number of hydrogen-bond acceptors (Lipinski definition) is 3. The molecule has 3 nitrogen and oxygen atoms in total. The smallest absolute Gasteiger partial charge is 0.195 e. The Balaban J connectivity index is 1.17. The Morgan fingerprint density at radius 1 is 0.809 bits per heavy atom. The van der Waals surface area contributed by atoms with E-state index in [0.717, 1.165) is 18.3 Å². The number of rotatable bonds is 6. The van der Waals surface area contributed by atoms with Crippen LogP contribution in [0.5, 0.6) is 0 Å². The van der Waals surface area contributed by atoms with Gasteiger partial charge in [-0.2, -0.15) is 0 Å². The number of hydrogen-bond donors (Lipinski definition) is 2. The van der Waals surface area contributed by atoms with Crippen molar-refractivity contribution in [3.05, 3.63) is 77.4 Å². The lowest BCUT2D eigenvalue weighted by Crippen LogP contribution is -2.65. The molecule has 254 valence electrons. The van der Waals surface area contributed by atoms with Gasteiger partial charge in [-0.05, 0) is 137 Å². The summed E-state index contributed by atoms with van der Waals surface area (Å²) in [5.41, 5.74) is 4.89. The minimum Gasteiger partial charge on any atom is -0.396 e. The van der Waals surface area contributed by atoms with Gasteiger partial charge in [-0.15, -0.1) is 0 Å². The molecule has 0 aliphatic heterocycles. The van der Waals surface area contributed by atoms with E-state index in [-0.39, 0.29) is 22.0 Å². The van der Waals surface area contributed by atoms with Crippen molar-refractivity contribution >= 4 is 11.4 Å². The van der Waals surface area contributed by atoms with Gasteiger partial charge in [0.1, 0.15) is 6.10 Å². The molecule has 10 atom stereocenters. The molecule has 2 aromatic carbocycles. The molecule has 4 fully saturated rings. The standard InChI is InChI=1S/C44H60O3/c1-28(2)32-19-24-44(27-45)26-25-42(6)34(37(32)44)17-18-36-41(5)22-20-33(40(3,4)35(41)21-23-43(36,42)7)29-13-15-31(16-14-29)39(47)38(46)30-11-9-8-10-12-30/h8-16,20,28,32,34-38,45-46H,17-19,21-27H2,1-7H3/t32-,34+,35-,36+,37+,38?,41-,42+,43+,44+/m0/s1. The van der Waals surface area contributed by atoms with Gasteiger partial charge in [-0.25, -0.2) is 0 Å². The molecule has 7 rings (SSSR count). The van der Waals surface area contributed by atoms with Gasteiger partial charge in [-0.3, -0.25) is 4.79 Å². The van der Waals surface area contributed by atoms with E-state index >= 15 is 0 Å². The highest BCUT2D eigenvalue weighted by atomic mass is 16.3. The fourth-order valence-corrected chi connectivity index (χ4v) is 13.7. The lowest BCUT2D eigenvalue weighted by atomic mass is 9.32. The summed E-state index contributed by atoms with van der Waals surface area (Å²) in [6.07, 6.45) is 12.8. The minimum atomic E-state index is -1.14. The number of carbonyl (C=O) groups is 1. The summed E-state index contributed by atoms with van der Waals surface area (Å²) < 4.78 is 0. The molecule has 0 amide bonds. The summed E-state index contributed by atoms with van der Waals surface area (Å²) in [6.45, 7) is 18.3. The number of allylic oxidation sites excluding steroid dienone is 2. The molecule has 47 heavy (non-hydrogen) atoms. The first-order valence-electron chi connectivity index (χ1n) is 18.9. The Morgan fingerprint density at radius 3 is 2.17 bits per heavy atom. The second-order valence-corrected chi connectivity index (χ2v) is 18.5.